The van der Waals surface area contributed by atoms with E-state index in [0.717, 1.165) is 0 Å². The first kappa shape index (κ1) is 17.1. The second-order valence-corrected chi connectivity index (χ2v) is 6.28. The predicted octanol–water partition coefficient (Wildman–Crippen LogP) is 1.47. The van der Waals surface area contributed by atoms with E-state index in [0.29, 0.717) is 23.1 Å². The van der Waals surface area contributed by atoms with Crippen LogP contribution in [0, 0.1) is 5.41 Å². The van der Waals surface area contributed by atoms with E-state index in [1.807, 2.05) is 0 Å². The van der Waals surface area contributed by atoms with Crippen molar-refractivity contribution in [3.63, 3.8) is 0 Å². The Kier molecular flexibility index (Phi) is 5.15. The van der Waals surface area contributed by atoms with Crippen molar-refractivity contribution in [1.82, 2.24) is 14.9 Å². The molecule has 124 valence electrons. The molecule has 2 N–H and O–H groups in total. The lowest BCUT2D eigenvalue weighted by Gasteiger charge is -2.26. The van der Waals surface area contributed by atoms with Crippen molar-refractivity contribution in [1.29, 1.82) is 0 Å². The van der Waals surface area contributed by atoms with Gasteiger partial charge in [0.25, 0.3) is 5.56 Å². The topological polar surface area (TPSA) is 101 Å². The summed E-state index contributed by atoms with van der Waals surface area (Å²) in [5.74, 6) is -1.34. The molecule has 2 aromatic rings. The number of carbonyl (C=O) groups is 2. The first-order chi connectivity index (χ1) is 10.9. The van der Waals surface area contributed by atoms with E-state index in [-0.39, 0.29) is 18.6 Å². The molecule has 0 bridgehead atoms. The summed E-state index contributed by atoms with van der Waals surface area (Å²) in [5, 5.41) is 14.2. The fourth-order valence-electron chi connectivity index (χ4n) is 2.36. The molecule has 1 amide bonds. The molecule has 8 heteroatoms. The Morgan fingerprint density at radius 1 is 1.39 bits per heavy atom. The maximum atomic E-state index is 12.2. The Bertz CT molecular complexity index is 776. The van der Waals surface area contributed by atoms with Gasteiger partial charge in [-0.15, -0.1) is 11.3 Å². The van der Waals surface area contributed by atoms with Crippen molar-refractivity contribution in [3.05, 3.63) is 28.1 Å². The number of aromatic nitrogens is 2. The average molecular weight is 337 g/mol. The number of carboxylic acid groups (broad SMARTS) is 1. The molecule has 2 heterocycles. The van der Waals surface area contributed by atoms with Gasteiger partial charge in [0, 0.05) is 6.54 Å². The molecular weight excluding hydrogens is 318 g/mol. The number of aliphatic carboxylic acids is 1. The number of hydrogen-bond acceptors (Lipinski definition) is 5. The summed E-state index contributed by atoms with van der Waals surface area (Å²) in [6.07, 6.45) is 2.17. The lowest BCUT2D eigenvalue weighted by Crippen LogP contribution is -2.43. The van der Waals surface area contributed by atoms with E-state index in [4.69, 9.17) is 0 Å². The van der Waals surface area contributed by atoms with Gasteiger partial charge in [-0.1, -0.05) is 13.8 Å². The van der Waals surface area contributed by atoms with Crippen LogP contribution in [0.15, 0.2) is 22.6 Å². The molecule has 0 aliphatic heterocycles. The van der Waals surface area contributed by atoms with Gasteiger partial charge < -0.3 is 10.4 Å². The van der Waals surface area contributed by atoms with Crippen molar-refractivity contribution in [3.8, 4) is 0 Å². The van der Waals surface area contributed by atoms with Crippen LogP contribution in [0.5, 0.6) is 0 Å². The normalized spacial score (nSPS) is 11.6. The van der Waals surface area contributed by atoms with Gasteiger partial charge in [-0.3, -0.25) is 19.0 Å². The highest BCUT2D eigenvalue weighted by Crippen LogP contribution is 2.25. The number of carbonyl (C=O) groups excluding carboxylic acids is 1. The summed E-state index contributed by atoms with van der Waals surface area (Å²) in [6, 6.07) is 1.67. The number of nitrogens with one attached hydrogen (secondary N) is 1. The largest absolute Gasteiger partial charge is 0.481 e. The molecule has 0 unspecified atom stereocenters. The van der Waals surface area contributed by atoms with E-state index in [1.54, 1.807) is 25.3 Å². The van der Waals surface area contributed by atoms with Crippen LogP contribution in [0.3, 0.4) is 0 Å². The third-order valence-corrected chi connectivity index (χ3v) is 5.02. The Labute approximate surface area is 137 Å². The standard InChI is InChI=1S/C15H19N3O4S/c1-3-15(4-2,14(21)22)8-16-11(19)7-18-9-17-12-10(13(18)20)5-6-23-12/h5-6,9H,3-4,7-8H2,1-2H3,(H,16,19)(H,21,22). The summed E-state index contributed by atoms with van der Waals surface area (Å²) >= 11 is 1.36. The highest BCUT2D eigenvalue weighted by molar-refractivity contribution is 7.16. The minimum Gasteiger partial charge on any atom is -0.481 e. The molecule has 0 saturated heterocycles. The molecule has 0 atom stereocenters. The Morgan fingerprint density at radius 2 is 2.09 bits per heavy atom. The third-order valence-electron chi connectivity index (χ3n) is 4.20. The number of amides is 1. The van der Waals surface area contributed by atoms with Crippen LogP contribution in [0.4, 0.5) is 0 Å². The van der Waals surface area contributed by atoms with E-state index in [9.17, 15) is 19.5 Å². The minimum absolute atomic E-state index is 0.0387. The molecule has 0 aromatic carbocycles. The number of fused-ring (bicyclic) bond motifs is 1. The molecule has 2 aromatic heterocycles. The minimum atomic E-state index is -0.976. The molecule has 23 heavy (non-hydrogen) atoms. The summed E-state index contributed by atoms with van der Waals surface area (Å²) in [6.45, 7) is 3.42. The van der Waals surface area contributed by atoms with Gasteiger partial charge in [-0.05, 0) is 24.3 Å². The highest BCUT2D eigenvalue weighted by Gasteiger charge is 2.35. The van der Waals surface area contributed by atoms with Crippen molar-refractivity contribution in [2.75, 3.05) is 6.54 Å². The fourth-order valence-corrected chi connectivity index (χ4v) is 3.09. The number of thiophene rings is 1. The molecule has 0 spiro atoms. The van der Waals surface area contributed by atoms with Crippen LogP contribution in [-0.4, -0.2) is 33.1 Å². The second-order valence-electron chi connectivity index (χ2n) is 5.39. The summed E-state index contributed by atoms with van der Waals surface area (Å²) in [5.41, 5.74) is -1.25. The lowest BCUT2D eigenvalue weighted by molar-refractivity contribution is -0.149. The second kappa shape index (κ2) is 6.91. The van der Waals surface area contributed by atoms with Gasteiger partial charge in [0.15, 0.2) is 0 Å². The zero-order chi connectivity index (χ0) is 17.0. The van der Waals surface area contributed by atoms with Gasteiger partial charge in [0.1, 0.15) is 11.4 Å². The first-order valence-electron chi connectivity index (χ1n) is 7.36. The quantitative estimate of drug-likeness (QED) is 0.796. The van der Waals surface area contributed by atoms with Crippen LogP contribution in [0.2, 0.25) is 0 Å². The van der Waals surface area contributed by atoms with Crippen molar-refractivity contribution < 1.29 is 14.7 Å². The fraction of sp³-hybridized carbons (Fsp3) is 0.467. The van der Waals surface area contributed by atoms with E-state index in [1.165, 1.54) is 22.2 Å². The highest BCUT2D eigenvalue weighted by atomic mass is 32.1. The summed E-state index contributed by atoms with van der Waals surface area (Å²) in [7, 11) is 0. The van der Waals surface area contributed by atoms with Crippen LogP contribution in [-0.2, 0) is 16.1 Å². The number of rotatable bonds is 7. The molecule has 0 saturated carbocycles. The average Bonchev–Trinajstić information content (AvgIpc) is 3.01. The molecule has 0 radical (unpaired) electrons. The Hall–Kier alpha value is -2.22. The predicted molar refractivity (Wildman–Crippen MR) is 87.5 cm³/mol. The van der Waals surface area contributed by atoms with Crippen molar-refractivity contribution >= 4 is 33.4 Å². The summed E-state index contributed by atoms with van der Waals surface area (Å²) in [4.78, 5) is 40.4. The first-order valence-corrected chi connectivity index (χ1v) is 8.24. The van der Waals surface area contributed by atoms with Gasteiger partial charge in [0.05, 0.1) is 17.1 Å². The van der Waals surface area contributed by atoms with E-state index in [2.05, 4.69) is 10.3 Å². The van der Waals surface area contributed by atoms with E-state index >= 15 is 0 Å². The SMILES string of the molecule is CCC(CC)(CNC(=O)Cn1cnc2sccc2c1=O)C(=O)O. The van der Waals surface area contributed by atoms with Gasteiger partial charge in [-0.2, -0.15) is 0 Å². The number of hydrogen-bond donors (Lipinski definition) is 2. The van der Waals surface area contributed by atoms with Crippen LogP contribution in [0.1, 0.15) is 26.7 Å². The van der Waals surface area contributed by atoms with Crippen LogP contribution in [0.25, 0.3) is 10.2 Å². The molecule has 0 fully saturated rings. The molecule has 2 rings (SSSR count). The smallest absolute Gasteiger partial charge is 0.311 e. The van der Waals surface area contributed by atoms with Gasteiger partial charge in [-0.25, -0.2) is 4.98 Å². The zero-order valence-corrected chi connectivity index (χ0v) is 13.9. The molecule has 0 aliphatic carbocycles. The Morgan fingerprint density at radius 3 is 2.70 bits per heavy atom. The Balaban J connectivity index is 2.08. The monoisotopic (exact) mass is 337 g/mol. The van der Waals surface area contributed by atoms with Crippen LogP contribution < -0.4 is 10.9 Å². The molecular formula is C15H19N3O4S. The van der Waals surface area contributed by atoms with Crippen LogP contribution >= 0.6 is 11.3 Å². The molecule has 7 nitrogen and oxygen atoms in total. The zero-order valence-electron chi connectivity index (χ0n) is 13.0. The maximum absolute atomic E-state index is 12.2. The van der Waals surface area contributed by atoms with Crippen molar-refractivity contribution in [2.24, 2.45) is 5.41 Å². The maximum Gasteiger partial charge on any atom is 0.311 e. The van der Waals surface area contributed by atoms with E-state index < -0.39 is 17.3 Å². The van der Waals surface area contributed by atoms with Crippen molar-refractivity contribution in [2.45, 2.75) is 33.2 Å². The van der Waals surface area contributed by atoms with Gasteiger partial charge >= 0.3 is 5.97 Å². The molecule has 0 aliphatic rings. The van der Waals surface area contributed by atoms with Gasteiger partial charge in [0.2, 0.25) is 5.91 Å². The third kappa shape index (κ3) is 3.42. The summed E-state index contributed by atoms with van der Waals surface area (Å²) < 4.78 is 1.23. The number of nitrogens with zero attached hydrogens (tertiary/aromatic N) is 2. The number of carboxylic acids is 1. The lowest BCUT2D eigenvalue weighted by atomic mass is 9.82.